The lowest BCUT2D eigenvalue weighted by Crippen LogP contribution is -2.75. The molecule has 11 nitrogen and oxygen atoms in total. The number of pyridine rings is 1. The molecule has 0 aromatic carbocycles. The smallest absolute Gasteiger partial charge is 0.328 e. The van der Waals surface area contributed by atoms with Gasteiger partial charge in [-0.15, -0.1) is 11.3 Å². The van der Waals surface area contributed by atoms with Crippen LogP contribution in [-0.4, -0.2) is 57.8 Å². The minimum Gasteiger partial charge on any atom is -0.372 e. The molecular weight excluding hydrogens is 472 g/mol. The first kappa shape index (κ1) is 20.5. The minimum atomic E-state index is -1.64. The van der Waals surface area contributed by atoms with Gasteiger partial charge in [0.15, 0.2) is 11.1 Å². The van der Waals surface area contributed by atoms with Crippen LogP contribution < -0.4 is 15.5 Å². The number of morpholine rings is 1. The summed E-state index contributed by atoms with van der Waals surface area (Å²) in [5, 5.41) is 11.3. The highest BCUT2D eigenvalue weighted by Crippen LogP contribution is 2.50. The maximum atomic E-state index is 13.3. The second-order valence-electron chi connectivity index (χ2n) is 8.40. The van der Waals surface area contributed by atoms with Gasteiger partial charge < -0.3 is 14.2 Å². The predicted octanol–water partition coefficient (Wildman–Crippen LogP) is 2.14. The number of nitrogens with zero attached hydrogens (tertiary/aromatic N) is 4. The van der Waals surface area contributed by atoms with Gasteiger partial charge in [0.25, 0.3) is 0 Å². The summed E-state index contributed by atoms with van der Waals surface area (Å²) in [4.78, 5) is 49.3. The molecule has 0 bridgehead atoms. The SMILES string of the molecule is C[C@@H]1CN2c3c(nc4c(-c5nccs5)noc4c3Cl)CC3(C(=O)NC(=O)NC3=O)[C@H]2[C@H](C)O1.[HH]. The molecule has 2 N–H and O–H groups in total. The Kier molecular flexibility index (Phi) is 4.32. The number of halogens is 1. The lowest BCUT2D eigenvalue weighted by molar-refractivity contribution is -0.153. The summed E-state index contributed by atoms with van der Waals surface area (Å²) in [6.45, 7) is 4.05. The maximum absolute atomic E-state index is 13.3. The number of urea groups is 1. The first-order valence-corrected chi connectivity index (χ1v) is 11.5. The second-order valence-corrected chi connectivity index (χ2v) is 9.67. The van der Waals surface area contributed by atoms with Crippen LogP contribution in [0.25, 0.3) is 21.8 Å². The average Bonchev–Trinajstić information content (AvgIpc) is 3.41. The predicted molar refractivity (Wildman–Crippen MR) is 119 cm³/mol. The van der Waals surface area contributed by atoms with E-state index in [2.05, 4.69) is 20.8 Å². The highest BCUT2D eigenvalue weighted by atomic mass is 35.5. The highest BCUT2D eigenvalue weighted by molar-refractivity contribution is 7.13. The molecule has 3 aromatic heterocycles. The van der Waals surface area contributed by atoms with Crippen LogP contribution in [-0.2, 0) is 20.7 Å². The van der Waals surface area contributed by atoms with Gasteiger partial charge in [-0.1, -0.05) is 16.8 Å². The fourth-order valence-electron chi connectivity index (χ4n) is 5.24. The first-order valence-electron chi connectivity index (χ1n) is 10.3. The molecule has 3 aromatic rings. The summed E-state index contributed by atoms with van der Waals surface area (Å²) in [7, 11) is 0. The summed E-state index contributed by atoms with van der Waals surface area (Å²) in [5.41, 5.74) is 0.492. The molecule has 2 fully saturated rings. The second kappa shape index (κ2) is 6.95. The van der Waals surface area contributed by atoms with E-state index in [4.69, 9.17) is 25.8 Å². The van der Waals surface area contributed by atoms with E-state index in [0.29, 0.717) is 44.7 Å². The maximum Gasteiger partial charge on any atom is 0.328 e. The number of imide groups is 2. The average molecular weight is 491 g/mol. The Bertz CT molecular complexity index is 1330. The molecule has 0 unspecified atom stereocenters. The van der Waals surface area contributed by atoms with Crippen molar-refractivity contribution in [2.75, 3.05) is 11.4 Å². The van der Waals surface area contributed by atoms with Gasteiger partial charge in [-0.05, 0) is 13.8 Å². The Labute approximate surface area is 196 Å². The number of ether oxygens (including phenoxy) is 1. The standard InChI is InChI=1S/C20H17ClN6O5S.H2/c1-7-6-27-13-9(23-11-12(16-22-3-4-33-16)26-32-14(11)10(13)21)5-20(15(27)8(2)31-7)17(28)24-19(30)25-18(20)29;/h3-4,7-8,15H,5-6H2,1-2H3,(H2,24,25,28,29,30);1H/t7-,8+,15-;/m1./s1. The van der Waals surface area contributed by atoms with Crippen molar-refractivity contribution in [3.8, 4) is 10.7 Å². The number of rotatable bonds is 1. The van der Waals surface area contributed by atoms with Crippen molar-refractivity contribution in [2.45, 2.75) is 38.5 Å². The lowest BCUT2D eigenvalue weighted by Gasteiger charge is -2.55. The zero-order valence-electron chi connectivity index (χ0n) is 17.4. The van der Waals surface area contributed by atoms with Gasteiger partial charge in [0.2, 0.25) is 17.4 Å². The van der Waals surface area contributed by atoms with Crippen molar-refractivity contribution in [3.05, 3.63) is 22.3 Å². The Morgan fingerprint density at radius 2 is 2.03 bits per heavy atom. The molecule has 3 atom stereocenters. The molecule has 33 heavy (non-hydrogen) atoms. The number of anilines is 1. The van der Waals surface area contributed by atoms with Gasteiger partial charge in [0.05, 0.1) is 29.6 Å². The lowest BCUT2D eigenvalue weighted by atomic mass is 9.67. The van der Waals surface area contributed by atoms with Crippen LogP contribution in [0.5, 0.6) is 0 Å². The number of amides is 4. The largest absolute Gasteiger partial charge is 0.372 e. The van der Waals surface area contributed by atoms with Gasteiger partial charge in [-0.25, -0.2) is 14.8 Å². The van der Waals surface area contributed by atoms with Crippen molar-refractivity contribution in [2.24, 2.45) is 5.41 Å². The Hall–Kier alpha value is -3.09. The fraction of sp³-hybridized carbons (Fsp3) is 0.400. The third-order valence-electron chi connectivity index (χ3n) is 6.41. The Morgan fingerprint density at radius 1 is 1.27 bits per heavy atom. The van der Waals surface area contributed by atoms with Crippen LogP contribution >= 0.6 is 22.9 Å². The quantitative estimate of drug-likeness (QED) is 0.491. The number of nitrogens with one attached hydrogen (secondary N) is 2. The van der Waals surface area contributed by atoms with E-state index in [1.54, 1.807) is 18.5 Å². The number of fused-ring (bicyclic) bond motifs is 5. The van der Waals surface area contributed by atoms with Crippen LogP contribution in [0, 0.1) is 5.41 Å². The van der Waals surface area contributed by atoms with Crippen molar-refractivity contribution in [3.63, 3.8) is 0 Å². The van der Waals surface area contributed by atoms with E-state index in [9.17, 15) is 14.4 Å². The molecular formula is C20H19ClN6O5S. The van der Waals surface area contributed by atoms with Crippen LogP contribution in [0.1, 0.15) is 21.0 Å². The monoisotopic (exact) mass is 490 g/mol. The first-order chi connectivity index (χ1) is 15.8. The Balaban J connectivity index is 0.00000241. The van der Waals surface area contributed by atoms with Gasteiger partial charge in [-0.2, -0.15) is 0 Å². The topological polar surface area (TPSA) is 140 Å². The molecule has 4 amide bonds. The van der Waals surface area contributed by atoms with Crippen molar-refractivity contribution < 1.29 is 25.1 Å². The van der Waals surface area contributed by atoms with Gasteiger partial charge in [0, 0.05) is 26.0 Å². The number of hydrogen-bond donors (Lipinski definition) is 2. The van der Waals surface area contributed by atoms with Crippen molar-refractivity contribution >= 4 is 57.6 Å². The molecule has 2 saturated heterocycles. The van der Waals surface area contributed by atoms with Crippen LogP contribution in [0.15, 0.2) is 16.1 Å². The highest BCUT2D eigenvalue weighted by Gasteiger charge is 2.63. The number of thiazole rings is 1. The summed E-state index contributed by atoms with van der Waals surface area (Å²) < 4.78 is 11.6. The number of barbiturate groups is 1. The van der Waals surface area contributed by atoms with Crippen LogP contribution in [0.3, 0.4) is 0 Å². The molecule has 6 rings (SSSR count). The molecule has 3 aliphatic rings. The summed E-state index contributed by atoms with van der Waals surface area (Å²) in [6, 6.07) is -1.57. The summed E-state index contributed by atoms with van der Waals surface area (Å²) >= 11 is 8.22. The van der Waals surface area contributed by atoms with E-state index in [1.165, 1.54) is 11.3 Å². The number of aromatic nitrogens is 3. The number of carbonyl (C=O) groups is 3. The Morgan fingerprint density at radius 3 is 2.73 bits per heavy atom. The van der Waals surface area contributed by atoms with E-state index < -0.39 is 35.4 Å². The van der Waals surface area contributed by atoms with Gasteiger partial charge in [-0.3, -0.25) is 20.2 Å². The minimum absolute atomic E-state index is 0. The fourth-order valence-corrected chi connectivity index (χ4v) is 6.20. The zero-order chi connectivity index (χ0) is 23.1. The van der Waals surface area contributed by atoms with E-state index in [0.717, 1.165) is 0 Å². The molecule has 1 spiro atoms. The van der Waals surface area contributed by atoms with Gasteiger partial charge >= 0.3 is 6.03 Å². The normalized spacial score (nSPS) is 26.2. The van der Waals surface area contributed by atoms with E-state index in [-0.39, 0.29) is 14.0 Å². The molecule has 0 aliphatic carbocycles. The molecule has 0 saturated carbocycles. The molecule has 0 radical (unpaired) electrons. The summed E-state index contributed by atoms with van der Waals surface area (Å²) in [6.07, 6.45) is 0.848. The van der Waals surface area contributed by atoms with Crippen LogP contribution in [0.2, 0.25) is 5.02 Å². The third kappa shape index (κ3) is 2.71. The molecule has 3 aliphatic heterocycles. The molecule has 6 heterocycles. The third-order valence-corrected chi connectivity index (χ3v) is 7.54. The number of carbonyl (C=O) groups excluding carboxylic acids is 3. The van der Waals surface area contributed by atoms with Crippen molar-refractivity contribution in [1.29, 1.82) is 0 Å². The van der Waals surface area contributed by atoms with E-state index >= 15 is 0 Å². The van der Waals surface area contributed by atoms with Crippen molar-refractivity contribution in [1.82, 2.24) is 25.8 Å². The number of hydrogen-bond acceptors (Lipinski definition) is 10. The molecule has 13 heteroatoms. The molecule has 172 valence electrons. The van der Waals surface area contributed by atoms with Crippen LogP contribution in [0.4, 0.5) is 10.5 Å². The van der Waals surface area contributed by atoms with E-state index in [1.807, 2.05) is 11.8 Å². The zero-order valence-corrected chi connectivity index (χ0v) is 19.0. The summed E-state index contributed by atoms with van der Waals surface area (Å²) in [5.74, 6) is -1.38. The van der Waals surface area contributed by atoms with Gasteiger partial charge in [0.1, 0.15) is 15.5 Å².